The molecule has 0 spiro atoms. The zero-order valence-electron chi connectivity index (χ0n) is 9.77. The van der Waals surface area contributed by atoms with Gasteiger partial charge in [0.05, 0.1) is 0 Å². The lowest BCUT2D eigenvalue weighted by Crippen LogP contribution is -2.27. The summed E-state index contributed by atoms with van der Waals surface area (Å²) in [5.74, 6) is 0.546. The van der Waals surface area contributed by atoms with E-state index in [0.29, 0.717) is 5.92 Å². The van der Waals surface area contributed by atoms with Gasteiger partial charge in [-0.3, -0.25) is 0 Å². The first-order chi connectivity index (χ1) is 7.72. The van der Waals surface area contributed by atoms with Gasteiger partial charge in [-0.05, 0) is 22.6 Å². The predicted octanol–water partition coefficient (Wildman–Crippen LogP) is 4.32. The first-order valence-electron chi connectivity index (χ1n) is 5.89. The third kappa shape index (κ3) is 1.16. The molecule has 0 bridgehead atoms. The normalized spacial score (nSPS) is 30.6. The van der Waals surface area contributed by atoms with Gasteiger partial charge < -0.3 is 0 Å². The van der Waals surface area contributed by atoms with Crippen molar-refractivity contribution >= 4 is 6.08 Å². The first kappa shape index (κ1) is 9.65. The molecule has 16 heavy (non-hydrogen) atoms. The van der Waals surface area contributed by atoms with Crippen LogP contribution in [0.15, 0.2) is 54.1 Å². The Morgan fingerprint density at radius 1 is 1.12 bits per heavy atom. The molecule has 0 N–H and O–H groups in total. The molecule has 0 aliphatic heterocycles. The molecule has 3 rings (SSSR count). The minimum absolute atomic E-state index is 0.170. The average molecular weight is 208 g/mol. The smallest absolute Gasteiger partial charge is 0.0173 e. The van der Waals surface area contributed by atoms with Gasteiger partial charge in [0.25, 0.3) is 0 Å². The molecule has 0 fully saturated rings. The number of hydrogen-bond acceptors (Lipinski definition) is 0. The highest BCUT2D eigenvalue weighted by Gasteiger charge is 2.36. The molecule has 0 nitrogen and oxygen atoms in total. The van der Waals surface area contributed by atoms with E-state index >= 15 is 0 Å². The third-order valence-corrected chi connectivity index (χ3v) is 4.12. The highest BCUT2D eigenvalue weighted by atomic mass is 14.4. The van der Waals surface area contributed by atoms with Crippen LogP contribution >= 0.6 is 0 Å². The first-order valence-corrected chi connectivity index (χ1v) is 5.89. The standard InChI is InChI=1S/C16H16/c1-12-15-9-4-3-7-13(15)11-14-8-5-6-10-16(12,14)2/h3-12H,1-2H3. The Kier molecular flexibility index (Phi) is 1.94. The molecule has 0 saturated heterocycles. The fourth-order valence-corrected chi connectivity index (χ4v) is 2.82. The highest BCUT2D eigenvalue weighted by Crippen LogP contribution is 2.49. The van der Waals surface area contributed by atoms with Crippen molar-refractivity contribution in [3.63, 3.8) is 0 Å². The lowest BCUT2D eigenvalue weighted by molar-refractivity contribution is 0.427. The van der Waals surface area contributed by atoms with Crippen LogP contribution in [0, 0.1) is 5.41 Å². The Hall–Kier alpha value is -1.56. The molecule has 0 aromatic heterocycles. The molecule has 1 aromatic carbocycles. The quantitative estimate of drug-likeness (QED) is 0.595. The third-order valence-electron chi connectivity index (χ3n) is 4.12. The van der Waals surface area contributed by atoms with Gasteiger partial charge in [-0.25, -0.2) is 0 Å². The molecule has 0 heterocycles. The maximum Gasteiger partial charge on any atom is 0.0173 e. The summed E-state index contributed by atoms with van der Waals surface area (Å²) in [6.07, 6.45) is 11.2. The maximum atomic E-state index is 2.33. The summed E-state index contributed by atoms with van der Waals surface area (Å²) in [6.45, 7) is 4.66. The second kappa shape index (κ2) is 3.21. The number of fused-ring (bicyclic) bond motifs is 2. The summed E-state index contributed by atoms with van der Waals surface area (Å²) in [7, 11) is 0. The van der Waals surface area contributed by atoms with Gasteiger partial charge in [0.15, 0.2) is 0 Å². The van der Waals surface area contributed by atoms with E-state index in [1.165, 1.54) is 16.7 Å². The van der Waals surface area contributed by atoms with E-state index in [2.05, 4.69) is 68.5 Å². The molecule has 0 radical (unpaired) electrons. The topological polar surface area (TPSA) is 0 Å². The van der Waals surface area contributed by atoms with E-state index in [9.17, 15) is 0 Å². The van der Waals surface area contributed by atoms with Crippen molar-refractivity contribution in [3.05, 3.63) is 65.3 Å². The van der Waals surface area contributed by atoms with E-state index in [4.69, 9.17) is 0 Å². The fraction of sp³-hybridized carbons (Fsp3) is 0.250. The summed E-state index contributed by atoms with van der Waals surface area (Å²) in [5.41, 5.74) is 4.45. The largest absolute Gasteiger partial charge is 0.0736 e. The maximum absolute atomic E-state index is 2.33. The van der Waals surface area contributed by atoms with Crippen LogP contribution in [0.2, 0.25) is 0 Å². The molecule has 2 unspecified atom stereocenters. The van der Waals surface area contributed by atoms with Gasteiger partial charge in [-0.2, -0.15) is 0 Å². The summed E-state index contributed by atoms with van der Waals surface area (Å²) in [6, 6.07) is 8.73. The Bertz CT molecular complexity index is 517. The number of hydrogen-bond donors (Lipinski definition) is 0. The van der Waals surface area contributed by atoms with Crippen LogP contribution in [-0.2, 0) is 0 Å². The highest BCUT2D eigenvalue weighted by molar-refractivity contribution is 5.67. The summed E-state index contributed by atoms with van der Waals surface area (Å²) >= 11 is 0. The average Bonchev–Trinajstić information content (AvgIpc) is 2.31. The van der Waals surface area contributed by atoms with E-state index in [-0.39, 0.29) is 5.41 Å². The number of allylic oxidation sites excluding steroid dienone is 5. The zero-order chi connectivity index (χ0) is 11.2. The molecule has 2 aliphatic carbocycles. The van der Waals surface area contributed by atoms with Crippen LogP contribution in [0.25, 0.3) is 6.08 Å². The second-order valence-corrected chi connectivity index (χ2v) is 4.95. The molecule has 2 aliphatic rings. The van der Waals surface area contributed by atoms with Crippen LogP contribution in [0.3, 0.4) is 0 Å². The van der Waals surface area contributed by atoms with Crippen LogP contribution in [0.1, 0.15) is 30.9 Å². The molecular formula is C16H16. The molecule has 0 saturated carbocycles. The lowest BCUT2D eigenvalue weighted by Gasteiger charge is -2.40. The van der Waals surface area contributed by atoms with Gasteiger partial charge in [-0.1, -0.05) is 68.5 Å². The number of benzene rings is 1. The summed E-state index contributed by atoms with van der Waals surface area (Å²) in [5, 5.41) is 0. The van der Waals surface area contributed by atoms with Crippen molar-refractivity contribution in [2.45, 2.75) is 19.8 Å². The van der Waals surface area contributed by atoms with Gasteiger partial charge in [0.1, 0.15) is 0 Å². The molecule has 0 heteroatoms. The Labute approximate surface area is 97.0 Å². The van der Waals surface area contributed by atoms with Gasteiger partial charge in [0.2, 0.25) is 0 Å². The monoisotopic (exact) mass is 208 g/mol. The summed E-state index contributed by atoms with van der Waals surface area (Å²) < 4.78 is 0. The minimum Gasteiger partial charge on any atom is -0.0736 e. The SMILES string of the molecule is CC1c2ccccc2C=C2C=CC=CC21C. The predicted molar refractivity (Wildman–Crippen MR) is 69.2 cm³/mol. The van der Waals surface area contributed by atoms with Crippen molar-refractivity contribution < 1.29 is 0 Å². The van der Waals surface area contributed by atoms with Crippen molar-refractivity contribution in [3.8, 4) is 0 Å². The van der Waals surface area contributed by atoms with E-state index in [1.807, 2.05) is 0 Å². The van der Waals surface area contributed by atoms with Crippen LogP contribution in [-0.4, -0.2) is 0 Å². The number of rotatable bonds is 0. The molecule has 1 aromatic rings. The van der Waals surface area contributed by atoms with Crippen LogP contribution in [0.4, 0.5) is 0 Å². The Morgan fingerprint density at radius 3 is 2.81 bits per heavy atom. The van der Waals surface area contributed by atoms with Crippen molar-refractivity contribution in [2.75, 3.05) is 0 Å². The molecule has 2 atom stereocenters. The Balaban J connectivity index is 2.25. The fourth-order valence-electron chi connectivity index (χ4n) is 2.82. The van der Waals surface area contributed by atoms with E-state index in [0.717, 1.165) is 0 Å². The van der Waals surface area contributed by atoms with Gasteiger partial charge in [0, 0.05) is 5.41 Å². The summed E-state index contributed by atoms with van der Waals surface area (Å²) in [4.78, 5) is 0. The van der Waals surface area contributed by atoms with Crippen molar-refractivity contribution in [1.29, 1.82) is 0 Å². The Morgan fingerprint density at radius 2 is 1.94 bits per heavy atom. The van der Waals surface area contributed by atoms with Crippen LogP contribution in [0.5, 0.6) is 0 Å². The molecule has 80 valence electrons. The van der Waals surface area contributed by atoms with Crippen LogP contribution < -0.4 is 0 Å². The lowest BCUT2D eigenvalue weighted by atomic mass is 9.64. The minimum atomic E-state index is 0.170. The molecule has 0 amide bonds. The van der Waals surface area contributed by atoms with Crippen molar-refractivity contribution in [1.82, 2.24) is 0 Å². The van der Waals surface area contributed by atoms with E-state index in [1.54, 1.807) is 0 Å². The molecular weight excluding hydrogens is 192 g/mol. The van der Waals surface area contributed by atoms with Gasteiger partial charge >= 0.3 is 0 Å². The second-order valence-electron chi connectivity index (χ2n) is 4.95. The van der Waals surface area contributed by atoms with Crippen molar-refractivity contribution in [2.24, 2.45) is 5.41 Å². The zero-order valence-corrected chi connectivity index (χ0v) is 9.77. The van der Waals surface area contributed by atoms with E-state index < -0.39 is 0 Å². The van der Waals surface area contributed by atoms with Gasteiger partial charge in [-0.15, -0.1) is 0 Å².